The molecule has 0 spiro atoms. The van der Waals surface area contributed by atoms with E-state index < -0.39 is 0 Å². The third-order valence-corrected chi connectivity index (χ3v) is 1.52. The summed E-state index contributed by atoms with van der Waals surface area (Å²) in [6, 6.07) is 0. The largest absolute Gasteiger partial charge is 0.437 e. The fourth-order valence-electron chi connectivity index (χ4n) is 0.844. The van der Waals surface area contributed by atoms with Crippen LogP contribution in [0.5, 0.6) is 0 Å². The quantitative estimate of drug-likeness (QED) is 0.308. The van der Waals surface area contributed by atoms with Crippen LogP contribution in [0.15, 0.2) is 0 Å². The van der Waals surface area contributed by atoms with Crippen LogP contribution in [0.2, 0.25) is 0 Å². The maximum absolute atomic E-state index is 8.29. The van der Waals surface area contributed by atoms with Crippen LogP contribution in [-0.2, 0) is 4.74 Å². The fraction of sp³-hybridized carbons (Fsp3) is 0.800. The molecule has 0 aromatic carbocycles. The Hall–Kier alpha value is -0.430. The van der Waals surface area contributed by atoms with Crippen LogP contribution in [0.4, 0.5) is 0 Å². The maximum Gasteiger partial charge on any atom is 0.283 e. The van der Waals surface area contributed by atoms with Crippen molar-refractivity contribution in [2.24, 2.45) is 0 Å². The summed E-state index contributed by atoms with van der Waals surface area (Å²) in [4.78, 5) is 0. The Balaban J connectivity index is 2.19. The van der Waals surface area contributed by atoms with Crippen molar-refractivity contribution in [3.63, 3.8) is 0 Å². The molecule has 0 amide bonds. The molecule has 0 radical (unpaired) electrons. The van der Waals surface area contributed by atoms with Crippen molar-refractivity contribution < 1.29 is 9.94 Å². The molecule has 11 heavy (non-hydrogen) atoms. The predicted octanol–water partition coefficient (Wildman–Crippen LogP) is -0.867. The standard InChI is InChI=1S/C5H11N3O2S/c9-8-5(11)10-4-6-2-1-3-7-4/h4,6-7,9H,1-3H2,(H,8,11). The first-order valence-corrected chi connectivity index (χ1v) is 3.81. The van der Waals surface area contributed by atoms with Crippen LogP contribution in [0.25, 0.3) is 0 Å². The fourth-order valence-corrected chi connectivity index (χ4v) is 0.940. The van der Waals surface area contributed by atoms with E-state index in [0.717, 1.165) is 19.5 Å². The number of hydroxylamine groups is 1. The van der Waals surface area contributed by atoms with E-state index >= 15 is 0 Å². The smallest absolute Gasteiger partial charge is 0.283 e. The summed E-state index contributed by atoms with van der Waals surface area (Å²) in [5.74, 6) is 0. The first kappa shape index (κ1) is 8.66. The molecule has 0 unspecified atom stereocenters. The van der Waals surface area contributed by atoms with Gasteiger partial charge in [-0.25, -0.2) is 5.48 Å². The molecule has 1 aliphatic rings. The van der Waals surface area contributed by atoms with E-state index in [1.807, 2.05) is 0 Å². The van der Waals surface area contributed by atoms with E-state index in [0.29, 0.717) is 0 Å². The van der Waals surface area contributed by atoms with E-state index in [-0.39, 0.29) is 11.5 Å². The van der Waals surface area contributed by atoms with Crippen LogP contribution >= 0.6 is 12.2 Å². The molecular formula is C5H11N3O2S. The minimum Gasteiger partial charge on any atom is -0.437 e. The number of nitrogens with one attached hydrogen (secondary N) is 3. The van der Waals surface area contributed by atoms with Gasteiger partial charge in [0, 0.05) is 13.1 Å². The van der Waals surface area contributed by atoms with Gasteiger partial charge in [-0.3, -0.25) is 15.8 Å². The number of ether oxygens (including phenoxy) is 1. The Morgan fingerprint density at radius 1 is 1.55 bits per heavy atom. The van der Waals surface area contributed by atoms with Gasteiger partial charge in [0.1, 0.15) is 0 Å². The number of hydrogen-bond acceptors (Lipinski definition) is 5. The topological polar surface area (TPSA) is 65.5 Å². The molecule has 1 aliphatic heterocycles. The van der Waals surface area contributed by atoms with Gasteiger partial charge in [-0.15, -0.1) is 0 Å². The lowest BCUT2D eigenvalue weighted by atomic mass is 10.4. The minimum absolute atomic E-state index is 0.0306. The number of hydrogen-bond donors (Lipinski definition) is 4. The highest BCUT2D eigenvalue weighted by molar-refractivity contribution is 7.80. The molecule has 0 saturated carbocycles. The minimum atomic E-state index is -0.282. The molecule has 0 aliphatic carbocycles. The Morgan fingerprint density at radius 2 is 2.18 bits per heavy atom. The Bertz CT molecular complexity index is 138. The second-order valence-electron chi connectivity index (χ2n) is 2.16. The van der Waals surface area contributed by atoms with Crippen molar-refractivity contribution >= 4 is 17.4 Å². The van der Waals surface area contributed by atoms with Crippen molar-refractivity contribution in [1.82, 2.24) is 16.1 Å². The predicted molar refractivity (Wildman–Crippen MR) is 43.0 cm³/mol. The first-order chi connectivity index (χ1) is 5.33. The molecule has 1 saturated heterocycles. The van der Waals surface area contributed by atoms with Gasteiger partial charge >= 0.3 is 0 Å². The van der Waals surface area contributed by atoms with Gasteiger partial charge < -0.3 is 4.74 Å². The third kappa shape index (κ3) is 2.98. The lowest BCUT2D eigenvalue weighted by Gasteiger charge is -2.24. The molecule has 64 valence electrons. The highest BCUT2D eigenvalue weighted by Gasteiger charge is 2.12. The van der Waals surface area contributed by atoms with Gasteiger partial charge in [-0.2, -0.15) is 0 Å². The molecule has 0 bridgehead atoms. The summed E-state index contributed by atoms with van der Waals surface area (Å²) in [5.41, 5.74) is 1.74. The molecule has 0 atom stereocenters. The summed E-state index contributed by atoms with van der Waals surface area (Å²) in [6.45, 7) is 1.79. The van der Waals surface area contributed by atoms with Gasteiger partial charge in [-0.1, -0.05) is 0 Å². The molecule has 6 heteroatoms. The van der Waals surface area contributed by atoms with Gasteiger partial charge in [0.2, 0.25) is 6.35 Å². The lowest BCUT2D eigenvalue weighted by molar-refractivity contribution is 0.0760. The van der Waals surface area contributed by atoms with E-state index in [1.54, 1.807) is 5.48 Å². The van der Waals surface area contributed by atoms with Gasteiger partial charge in [0.25, 0.3) is 5.17 Å². The van der Waals surface area contributed by atoms with Crippen LogP contribution in [0.1, 0.15) is 6.42 Å². The Kier molecular flexibility index (Phi) is 3.50. The van der Waals surface area contributed by atoms with Crippen molar-refractivity contribution in [3.8, 4) is 0 Å². The molecule has 5 nitrogen and oxygen atoms in total. The number of thiocarbonyl (C=S) groups is 1. The van der Waals surface area contributed by atoms with Gasteiger partial charge in [0.05, 0.1) is 0 Å². The average molecular weight is 177 g/mol. The second-order valence-corrected chi connectivity index (χ2v) is 2.53. The summed E-state index contributed by atoms with van der Waals surface area (Å²) >= 11 is 4.57. The molecule has 1 heterocycles. The average Bonchev–Trinajstić information content (AvgIpc) is 2.06. The zero-order valence-electron chi connectivity index (χ0n) is 5.96. The molecular weight excluding hydrogens is 166 g/mol. The number of rotatable bonds is 1. The van der Waals surface area contributed by atoms with Crippen LogP contribution < -0.4 is 16.1 Å². The second kappa shape index (κ2) is 4.45. The summed E-state index contributed by atoms with van der Waals surface area (Å²) in [6.07, 6.45) is 0.787. The maximum atomic E-state index is 8.29. The monoisotopic (exact) mass is 177 g/mol. The van der Waals surface area contributed by atoms with Crippen molar-refractivity contribution in [2.75, 3.05) is 13.1 Å². The van der Waals surface area contributed by atoms with Crippen molar-refractivity contribution in [3.05, 3.63) is 0 Å². The van der Waals surface area contributed by atoms with Crippen LogP contribution in [-0.4, -0.2) is 29.8 Å². The van der Waals surface area contributed by atoms with Crippen LogP contribution in [0, 0.1) is 0 Å². The zero-order valence-corrected chi connectivity index (χ0v) is 6.78. The highest BCUT2D eigenvalue weighted by Crippen LogP contribution is 1.91. The first-order valence-electron chi connectivity index (χ1n) is 3.40. The summed E-state index contributed by atoms with van der Waals surface area (Å²) < 4.78 is 4.99. The third-order valence-electron chi connectivity index (χ3n) is 1.33. The Labute approximate surface area is 70.1 Å². The van der Waals surface area contributed by atoms with E-state index in [9.17, 15) is 0 Å². The van der Waals surface area contributed by atoms with Gasteiger partial charge in [0.15, 0.2) is 0 Å². The van der Waals surface area contributed by atoms with E-state index in [1.165, 1.54) is 0 Å². The Morgan fingerprint density at radius 3 is 2.73 bits per heavy atom. The SMILES string of the molecule is ONC(=S)OC1NCCCN1. The lowest BCUT2D eigenvalue weighted by Crippen LogP contribution is -2.51. The molecule has 0 aromatic heterocycles. The van der Waals surface area contributed by atoms with Crippen molar-refractivity contribution in [2.45, 2.75) is 12.8 Å². The normalized spacial score (nSPS) is 19.4. The van der Waals surface area contributed by atoms with E-state index in [4.69, 9.17) is 9.94 Å². The van der Waals surface area contributed by atoms with Crippen LogP contribution in [0.3, 0.4) is 0 Å². The highest BCUT2D eigenvalue weighted by atomic mass is 32.1. The summed E-state index contributed by atoms with van der Waals surface area (Å²) in [7, 11) is 0. The molecule has 4 N–H and O–H groups in total. The molecule has 0 aromatic rings. The zero-order chi connectivity index (χ0) is 8.10. The summed E-state index contributed by atoms with van der Waals surface area (Å²) in [5, 5.41) is 14.3. The van der Waals surface area contributed by atoms with E-state index in [2.05, 4.69) is 22.9 Å². The molecule has 1 rings (SSSR count). The van der Waals surface area contributed by atoms with Crippen molar-refractivity contribution in [1.29, 1.82) is 0 Å². The van der Waals surface area contributed by atoms with Gasteiger partial charge in [-0.05, 0) is 18.6 Å². The molecule has 1 fully saturated rings.